The maximum atomic E-state index is 13.1. The molecule has 216 valence electrons. The van der Waals surface area contributed by atoms with E-state index < -0.39 is 54.5 Å². The number of azo groups is 1. The highest BCUT2D eigenvalue weighted by molar-refractivity contribution is 7.93. The fourth-order valence-corrected chi connectivity index (χ4v) is 7.03. The first-order valence-corrected chi connectivity index (χ1v) is 17.9. The van der Waals surface area contributed by atoms with Crippen LogP contribution in [0.25, 0.3) is 10.8 Å². The molecule has 0 saturated heterocycles. The molecule has 0 atom stereocenters. The van der Waals surface area contributed by atoms with Crippen LogP contribution in [0.2, 0.25) is 0 Å². The van der Waals surface area contributed by atoms with Gasteiger partial charge in [0, 0.05) is 23.3 Å². The van der Waals surface area contributed by atoms with Crippen LogP contribution in [0.5, 0.6) is 5.75 Å². The highest BCUT2D eigenvalue weighted by Crippen LogP contribution is 2.40. The molecule has 0 unspecified atom stereocenters. The molecular formula is C24H21N3O10S4. The number of hydrogen-bond donors (Lipinski definition) is 3. The molecule has 0 amide bonds. The molecule has 0 spiro atoms. The second kappa shape index (κ2) is 10.5. The predicted molar refractivity (Wildman–Crippen MR) is 150 cm³/mol. The highest BCUT2D eigenvalue weighted by atomic mass is 32.2. The summed E-state index contributed by atoms with van der Waals surface area (Å²) in [7, 11) is -16.8. The number of hydrogen-bond acceptors (Lipinski definition) is 11. The Labute approximate surface area is 235 Å². The van der Waals surface area contributed by atoms with Gasteiger partial charge in [-0.15, -0.1) is 10.2 Å². The molecule has 17 heteroatoms. The largest absolute Gasteiger partial charge is 0.507 e. The van der Waals surface area contributed by atoms with E-state index in [0.717, 1.165) is 55.0 Å². The molecule has 0 fully saturated rings. The number of benzene rings is 4. The van der Waals surface area contributed by atoms with Crippen molar-refractivity contribution in [1.29, 1.82) is 0 Å². The minimum atomic E-state index is -4.69. The van der Waals surface area contributed by atoms with Gasteiger partial charge in [0.05, 0.1) is 31.0 Å². The first kappa shape index (κ1) is 30.1. The lowest BCUT2D eigenvalue weighted by Crippen LogP contribution is -2.14. The molecule has 4 aromatic carbocycles. The minimum Gasteiger partial charge on any atom is -0.507 e. The van der Waals surface area contributed by atoms with E-state index in [1.165, 1.54) is 30.3 Å². The average Bonchev–Trinajstić information content (AvgIpc) is 2.87. The third-order valence-electron chi connectivity index (χ3n) is 5.68. The number of anilines is 1. The zero-order valence-corrected chi connectivity index (χ0v) is 24.4. The molecule has 0 heterocycles. The second-order valence-corrected chi connectivity index (χ2v) is 15.9. The number of sulfonamides is 1. The van der Waals surface area contributed by atoms with Crippen molar-refractivity contribution in [1.82, 2.24) is 0 Å². The van der Waals surface area contributed by atoms with Gasteiger partial charge >= 0.3 is 0 Å². The Bertz CT molecular complexity index is 2180. The van der Waals surface area contributed by atoms with Crippen LogP contribution in [0.3, 0.4) is 0 Å². The Morgan fingerprint density at radius 3 is 1.90 bits per heavy atom. The summed E-state index contributed by atoms with van der Waals surface area (Å²) in [5.74, 6) is -0.248. The lowest BCUT2D eigenvalue weighted by atomic mass is 10.1. The number of sulfone groups is 2. The number of nitrogens with one attached hydrogen (secondary N) is 1. The van der Waals surface area contributed by atoms with Crippen LogP contribution in [-0.2, 0) is 39.8 Å². The molecule has 0 radical (unpaired) electrons. The molecule has 4 rings (SSSR count). The Balaban J connectivity index is 1.86. The average molecular weight is 640 g/mol. The van der Waals surface area contributed by atoms with Gasteiger partial charge in [0.2, 0.25) is 0 Å². The number of nitrogens with zero attached hydrogens (tertiary/aromatic N) is 2. The molecule has 13 nitrogen and oxygen atoms in total. The summed E-state index contributed by atoms with van der Waals surface area (Å²) in [6, 6.07) is 14.1. The van der Waals surface area contributed by atoms with Gasteiger partial charge < -0.3 is 5.11 Å². The zero-order valence-electron chi connectivity index (χ0n) is 21.1. The summed E-state index contributed by atoms with van der Waals surface area (Å²) < 4.78 is 109. The first-order chi connectivity index (χ1) is 18.9. The standard InChI is InChI=1S/C24H21N3O10S4/c1-38(29,30)15-9-10-19(23(14-15)39(2,31)32)25-26-20-11-12-22(28)18-7-4-8-21(24(18)20)27-40(33,34)16-5-3-6-17(13-16)41(35,36)37/h3-14,27-28H,1-2H3,(H,35,36,37). The van der Waals surface area contributed by atoms with Crippen LogP contribution < -0.4 is 4.72 Å². The summed E-state index contributed by atoms with van der Waals surface area (Å²) in [5.41, 5.74) is -0.295. The quantitative estimate of drug-likeness (QED) is 0.187. The summed E-state index contributed by atoms with van der Waals surface area (Å²) in [6.07, 6.45) is 1.78. The Morgan fingerprint density at radius 1 is 0.659 bits per heavy atom. The number of phenolic OH excluding ortho intramolecular Hbond substituents is 1. The van der Waals surface area contributed by atoms with Gasteiger partial charge in [-0.05, 0) is 54.6 Å². The predicted octanol–water partition coefficient (Wildman–Crippen LogP) is 3.82. The fraction of sp³-hybridized carbons (Fsp3) is 0.0833. The molecule has 4 aromatic rings. The van der Waals surface area contributed by atoms with Crippen molar-refractivity contribution < 1.29 is 43.3 Å². The SMILES string of the molecule is CS(=O)(=O)c1ccc(N=Nc2ccc(O)c3cccc(NS(=O)(=O)c4cccc(S(=O)(=O)O)c4)c23)c(S(C)(=O)=O)c1. The molecule has 0 aliphatic rings. The van der Waals surface area contributed by atoms with Crippen LogP contribution >= 0.6 is 0 Å². The third kappa shape index (κ3) is 6.54. The second-order valence-electron chi connectivity index (χ2n) is 8.76. The number of rotatable bonds is 8. The summed E-state index contributed by atoms with van der Waals surface area (Å²) in [4.78, 5) is -1.79. The van der Waals surface area contributed by atoms with Gasteiger partial charge in [-0.3, -0.25) is 9.27 Å². The Morgan fingerprint density at radius 2 is 1.27 bits per heavy atom. The van der Waals surface area contributed by atoms with Crippen LogP contribution in [0.1, 0.15) is 0 Å². The van der Waals surface area contributed by atoms with E-state index in [1.807, 2.05) is 0 Å². The summed E-state index contributed by atoms with van der Waals surface area (Å²) >= 11 is 0. The molecule has 41 heavy (non-hydrogen) atoms. The first-order valence-electron chi connectivity index (χ1n) is 11.2. The van der Waals surface area contributed by atoms with E-state index in [-0.39, 0.29) is 38.5 Å². The van der Waals surface area contributed by atoms with Gasteiger partial charge in [-0.1, -0.05) is 18.2 Å². The smallest absolute Gasteiger partial charge is 0.294 e. The van der Waals surface area contributed by atoms with Crippen molar-refractivity contribution in [3.05, 3.63) is 72.8 Å². The summed E-state index contributed by atoms with van der Waals surface area (Å²) in [5, 5.41) is 18.7. The van der Waals surface area contributed by atoms with Crippen molar-refractivity contribution in [2.24, 2.45) is 10.2 Å². The van der Waals surface area contributed by atoms with E-state index in [4.69, 9.17) is 0 Å². The van der Waals surface area contributed by atoms with E-state index in [9.17, 15) is 43.3 Å². The van der Waals surface area contributed by atoms with Gasteiger partial charge in [0.25, 0.3) is 20.1 Å². The lowest BCUT2D eigenvalue weighted by Gasteiger charge is -2.13. The van der Waals surface area contributed by atoms with Crippen LogP contribution in [0.15, 0.2) is 103 Å². The molecule has 0 aliphatic heterocycles. The fourth-order valence-electron chi connectivity index (χ4n) is 3.76. The monoisotopic (exact) mass is 639 g/mol. The third-order valence-corrected chi connectivity index (χ3v) is 10.1. The maximum absolute atomic E-state index is 13.1. The van der Waals surface area contributed by atoms with Gasteiger partial charge in [0.15, 0.2) is 19.7 Å². The van der Waals surface area contributed by atoms with E-state index in [2.05, 4.69) is 15.0 Å². The lowest BCUT2D eigenvalue weighted by molar-refractivity contribution is 0.481. The van der Waals surface area contributed by atoms with Crippen LogP contribution in [0, 0.1) is 0 Å². The van der Waals surface area contributed by atoms with Gasteiger partial charge in [-0.2, -0.15) is 8.42 Å². The van der Waals surface area contributed by atoms with E-state index in [0.29, 0.717) is 0 Å². The minimum absolute atomic E-state index is 0.00516. The van der Waals surface area contributed by atoms with Crippen molar-refractivity contribution >= 4 is 67.7 Å². The molecule has 0 bridgehead atoms. The van der Waals surface area contributed by atoms with Crippen molar-refractivity contribution in [3.8, 4) is 5.75 Å². The zero-order chi connectivity index (χ0) is 30.4. The highest BCUT2D eigenvalue weighted by Gasteiger charge is 2.21. The molecule has 0 aromatic heterocycles. The van der Waals surface area contributed by atoms with Gasteiger partial charge in [0.1, 0.15) is 11.4 Å². The van der Waals surface area contributed by atoms with Gasteiger partial charge in [-0.25, -0.2) is 25.3 Å². The summed E-state index contributed by atoms with van der Waals surface area (Å²) in [6.45, 7) is 0. The van der Waals surface area contributed by atoms with Crippen LogP contribution in [0.4, 0.5) is 17.1 Å². The van der Waals surface area contributed by atoms with E-state index in [1.54, 1.807) is 0 Å². The number of phenols is 1. The molecular weight excluding hydrogens is 619 g/mol. The topological polar surface area (TPSA) is 214 Å². The number of aromatic hydroxyl groups is 1. The van der Waals surface area contributed by atoms with Crippen molar-refractivity contribution in [2.75, 3.05) is 17.2 Å². The molecule has 0 aliphatic carbocycles. The Kier molecular flexibility index (Phi) is 7.70. The van der Waals surface area contributed by atoms with Crippen molar-refractivity contribution in [2.45, 2.75) is 19.6 Å². The Hall–Kier alpha value is -3.90. The normalized spacial score (nSPS) is 13.0. The molecule has 0 saturated carbocycles. The maximum Gasteiger partial charge on any atom is 0.294 e. The van der Waals surface area contributed by atoms with Crippen molar-refractivity contribution in [3.63, 3.8) is 0 Å². The molecule has 3 N–H and O–H groups in total. The van der Waals surface area contributed by atoms with Crippen LogP contribution in [-0.4, -0.2) is 55.8 Å². The number of fused-ring (bicyclic) bond motifs is 1. The van der Waals surface area contributed by atoms with E-state index >= 15 is 0 Å².